The zero-order chi connectivity index (χ0) is 39.3. The Hall–Kier alpha value is -1.79. The molecule has 6 nitrogen and oxygen atoms in total. The van der Waals surface area contributed by atoms with Crippen LogP contribution < -0.4 is 15.2 Å². The molecule has 0 bridgehead atoms. The summed E-state index contributed by atoms with van der Waals surface area (Å²) in [6.07, 6.45) is -7.07. The first-order valence-corrected chi connectivity index (χ1v) is 9.26. The van der Waals surface area contributed by atoms with Crippen LogP contribution in [-0.4, -0.2) is 50.1 Å². The van der Waals surface area contributed by atoms with E-state index in [1.165, 1.54) is 0 Å². The van der Waals surface area contributed by atoms with E-state index in [-0.39, 0.29) is 12.3 Å². The maximum absolute atomic E-state index is 13.6. The van der Waals surface area contributed by atoms with Crippen molar-refractivity contribution in [1.82, 2.24) is 4.90 Å². The van der Waals surface area contributed by atoms with Crippen molar-refractivity contribution in [3.63, 3.8) is 0 Å². The van der Waals surface area contributed by atoms with Gasteiger partial charge in [0.05, 0.1) is 26.4 Å². The van der Waals surface area contributed by atoms with Crippen molar-refractivity contribution in [3.8, 4) is 11.5 Å². The van der Waals surface area contributed by atoms with Gasteiger partial charge in [0.1, 0.15) is 12.1 Å². The Kier molecular flexibility index (Phi) is 2.64. The summed E-state index contributed by atoms with van der Waals surface area (Å²) in [7, 11) is -6.50. The summed E-state index contributed by atoms with van der Waals surface area (Å²) in [5.41, 5.74) is 4.43. The van der Waals surface area contributed by atoms with Crippen molar-refractivity contribution < 1.29 is 46.4 Å². The van der Waals surface area contributed by atoms with E-state index >= 15 is 0 Å². The highest BCUT2D eigenvalue weighted by atomic mass is 16.5. The topological polar surface area (TPSA) is 74.0 Å². The van der Waals surface area contributed by atoms with Gasteiger partial charge in [-0.1, -0.05) is 27.6 Å². The maximum Gasteiger partial charge on any atom is 0.323 e. The standard InChI is InChI=1S/C24H38N2O4/c1-14(2)9-17-13-26-8-7-16-10-21(28-5)22(29-6)11-18(16)19(26)12-20(17)30-24(27)23(25)15(3)4/h10-11,14-15,17,19-20,23H,7-9,12-13,25H2,1-6H3/t17?,19?,20?,23-/m0/s1/i3D3,4D3,5D3,6D3,7D2,8D2,15D,19D,20D,23D. The monoisotopic (exact) mass is 438 g/mol. The van der Waals surface area contributed by atoms with Crippen molar-refractivity contribution in [3.05, 3.63) is 23.3 Å². The largest absolute Gasteiger partial charge is 0.493 e. The normalized spacial score (nSPS) is 46.1. The van der Waals surface area contributed by atoms with Gasteiger partial charge in [0.25, 0.3) is 0 Å². The van der Waals surface area contributed by atoms with Crippen LogP contribution in [0.1, 0.15) is 85.0 Å². The van der Waals surface area contributed by atoms with E-state index in [9.17, 15) is 7.54 Å². The molecule has 0 aliphatic carbocycles. The molecule has 1 fully saturated rings. The first kappa shape index (κ1) is 8.28. The maximum atomic E-state index is 13.6. The molecule has 2 aliphatic rings. The first-order chi connectivity index (χ1) is 21.9. The van der Waals surface area contributed by atoms with Gasteiger partial charge in [-0.15, -0.1) is 0 Å². The lowest BCUT2D eigenvalue weighted by atomic mass is 9.79. The van der Waals surface area contributed by atoms with Gasteiger partial charge in [-0.3, -0.25) is 9.69 Å². The summed E-state index contributed by atoms with van der Waals surface area (Å²) in [5, 5.41) is 0. The smallest absolute Gasteiger partial charge is 0.323 e. The number of rotatable bonds is 7. The Morgan fingerprint density at radius 2 is 2.10 bits per heavy atom. The Balaban J connectivity index is 2.34. The molecule has 1 aromatic rings. The quantitative estimate of drug-likeness (QED) is 0.656. The molecule has 6 heteroatoms. The fourth-order valence-electron chi connectivity index (χ4n) is 3.55. The average Bonchev–Trinajstić information content (AvgIpc) is 2.86. The predicted octanol–water partition coefficient (Wildman–Crippen LogP) is 3.56. The van der Waals surface area contributed by atoms with E-state index in [0.29, 0.717) is 11.0 Å². The number of aryl methyl sites for hydroxylation is 1. The number of esters is 1. The molecule has 2 heterocycles. The summed E-state index contributed by atoms with van der Waals surface area (Å²) in [6, 6.07) is -5.18. The van der Waals surface area contributed by atoms with E-state index in [2.05, 4.69) is 0 Å². The van der Waals surface area contributed by atoms with Crippen LogP contribution in [0, 0.1) is 17.7 Å². The fraction of sp³-hybridized carbons (Fsp3) is 0.708. The van der Waals surface area contributed by atoms with Crippen molar-refractivity contribution >= 4 is 5.97 Å². The predicted molar refractivity (Wildman–Crippen MR) is 118 cm³/mol. The van der Waals surface area contributed by atoms with E-state index in [1.54, 1.807) is 13.8 Å². The summed E-state index contributed by atoms with van der Waals surface area (Å²) >= 11 is 0. The van der Waals surface area contributed by atoms with Crippen LogP contribution in [-0.2, 0) is 15.9 Å². The molecule has 3 unspecified atom stereocenters. The average molecular weight is 439 g/mol. The van der Waals surface area contributed by atoms with Crippen molar-refractivity contribution in [2.45, 2.75) is 64.9 Å². The molecule has 0 radical (unpaired) electrons. The third-order valence-electron chi connectivity index (χ3n) is 4.93. The van der Waals surface area contributed by atoms with E-state index in [1.807, 2.05) is 0 Å². The van der Waals surface area contributed by atoms with Gasteiger partial charge in [0.15, 0.2) is 11.5 Å². The second kappa shape index (κ2) is 9.56. The number of nitrogens with two attached hydrogens (primary N) is 1. The van der Waals surface area contributed by atoms with E-state index in [0.717, 1.165) is 6.07 Å². The number of fused-ring (bicyclic) bond motifs is 3. The van der Waals surface area contributed by atoms with Crippen LogP contribution in [0.2, 0.25) is 0 Å². The number of piperidine rings is 1. The lowest BCUT2D eigenvalue weighted by molar-refractivity contribution is -0.160. The van der Waals surface area contributed by atoms with Gasteiger partial charge in [-0.05, 0) is 47.9 Å². The fourth-order valence-corrected chi connectivity index (χ4v) is 3.55. The molecular weight excluding hydrogens is 380 g/mol. The number of carbonyl (C=O) groups excluding carboxylic acids is 1. The van der Waals surface area contributed by atoms with Crippen LogP contribution in [0.15, 0.2) is 12.1 Å². The Morgan fingerprint density at radius 1 is 1.37 bits per heavy atom. The lowest BCUT2D eigenvalue weighted by Gasteiger charge is -2.47. The highest BCUT2D eigenvalue weighted by Crippen LogP contribution is 2.44. The minimum atomic E-state index is -4.00. The second-order valence-corrected chi connectivity index (χ2v) is 7.49. The van der Waals surface area contributed by atoms with Gasteiger partial charge in [0, 0.05) is 46.5 Å². The molecule has 2 aliphatic heterocycles. The third-order valence-corrected chi connectivity index (χ3v) is 4.93. The minimum Gasteiger partial charge on any atom is -0.493 e. The van der Waals surface area contributed by atoms with Crippen LogP contribution in [0.25, 0.3) is 0 Å². The van der Waals surface area contributed by atoms with Gasteiger partial charge in [-0.2, -0.15) is 0 Å². The zero-order valence-electron chi connectivity index (χ0n) is 36.6. The molecule has 2 N–H and O–H groups in total. The van der Waals surface area contributed by atoms with Gasteiger partial charge < -0.3 is 19.9 Å². The van der Waals surface area contributed by atoms with Crippen molar-refractivity contribution in [1.29, 1.82) is 0 Å². The first-order valence-electron chi connectivity index (χ1n) is 19.3. The van der Waals surface area contributed by atoms with Gasteiger partial charge in [0.2, 0.25) is 0 Å². The third kappa shape index (κ3) is 4.75. The van der Waals surface area contributed by atoms with Crippen LogP contribution >= 0.6 is 0 Å². The number of carbonyl (C=O) groups is 1. The minimum absolute atomic E-state index is 0.0891. The number of methoxy groups -OCH3 is 2. The molecule has 30 heavy (non-hydrogen) atoms. The van der Waals surface area contributed by atoms with E-state index < -0.39 is 112 Å². The molecule has 0 saturated carbocycles. The van der Waals surface area contributed by atoms with Crippen molar-refractivity contribution in [2.75, 3.05) is 27.1 Å². The summed E-state index contributed by atoms with van der Waals surface area (Å²) < 4.78 is 177. The summed E-state index contributed by atoms with van der Waals surface area (Å²) in [4.78, 5) is 14.3. The number of hydrogen-bond donors (Lipinski definition) is 1. The molecule has 0 spiro atoms. The number of ether oxygens (including phenoxy) is 3. The molecule has 3 rings (SSSR count). The molecule has 0 aromatic heterocycles. The van der Waals surface area contributed by atoms with Gasteiger partial charge >= 0.3 is 5.97 Å². The summed E-state index contributed by atoms with van der Waals surface area (Å²) in [6.45, 7) is -8.31. The highest BCUT2D eigenvalue weighted by Gasteiger charge is 2.41. The second-order valence-electron chi connectivity index (χ2n) is 7.49. The van der Waals surface area contributed by atoms with Crippen LogP contribution in [0.4, 0.5) is 0 Å². The molecule has 1 aromatic carbocycles. The molecular formula is C24H38N2O4. The Morgan fingerprint density at radius 3 is 2.77 bits per heavy atom. The van der Waals surface area contributed by atoms with Crippen molar-refractivity contribution in [2.24, 2.45) is 23.5 Å². The number of benzene rings is 1. The highest BCUT2D eigenvalue weighted by molar-refractivity contribution is 5.76. The molecule has 1 saturated heterocycles. The number of hydrogen-bond acceptors (Lipinski definition) is 6. The lowest BCUT2D eigenvalue weighted by Crippen LogP contribution is -2.51. The molecule has 0 amide bonds. The Labute approximate surface area is 209 Å². The van der Waals surface area contributed by atoms with E-state index in [4.69, 9.17) is 44.6 Å². The van der Waals surface area contributed by atoms with Gasteiger partial charge in [-0.25, -0.2) is 0 Å². The Bertz CT molecular complexity index is 1460. The van der Waals surface area contributed by atoms with Crippen LogP contribution in [0.3, 0.4) is 0 Å². The van der Waals surface area contributed by atoms with Crippen LogP contribution in [0.5, 0.6) is 11.5 Å². The zero-order valence-corrected chi connectivity index (χ0v) is 16.6. The molecule has 168 valence electrons. The number of nitrogens with zero attached hydrogens (tertiary/aromatic N) is 1. The summed E-state index contributed by atoms with van der Waals surface area (Å²) in [5.74, 6) is -9.51. The SMILES string of the molecule is [2H]C([2H])([2H])Oc1cc2c(cc1OC([2H])([2H])[2H])C([2H])([2H])C([2H])([2H])N1CC(CC(C)C)C([2H])(OC(=O)[C@@]([2H])(N)C([2H])(C([2H])([2H])[2H])C([2H])([2H])[2H])CC21[2H]. The molecule has 4 atom stereocenters.